The minimum Gasteiger partial charge on any atom is -0.379 e. The standard InChI is InChI=1S/C15H28F3N3O2.HI/c1-2-19-14(20-8-4-3-7-15(16,17)18)21-9-5-10-23-13-6-11-22-12-13;/h13H,2-12H2,1H3,(H2,19,20,21);1H. The van der Waals surface area contributed by atoms with Crippen molar-refractivity contribution < 1.29 is 22.6 Å². The summed E-state index contributed by atoms with van der Waals surface area (Å²) in [7, 11) is 0. The summed E-state index contributed by atoms with van der Waals surface area (Å²) < 4.78 is 47.0. The summed E-state index contributed by atoms with van der Waals surface area (Å²) >= 11 is 0. The van der Waals surface area contributed by atoms with E-state index in [9.17, 15) is 13.2 Å². The zero-order chi connectivity index (χ0) is 17.0. The highest BCUT2D eigenvalue weighted by Gasteiger charge is 2.25. The van der Waals surface area contributed by atoms with Gasteiger partial charge < -0.3 is 20.1 Å². The summed E-state index contributed by atoms with van der Waals surface area (Å²) in [6.45, 7) is 5.84. The molecule has 1 heterocycles. The molecule has 0 aromatic rings. The third-order valence-corrected chi connectivity index (χ3v) is 3.34. The van der Waals surface area contributed by atoms with Crippen molar-refractivity contribution in [2.45, 2.75) is 51.3 Å². The Hall–Kier alpha value is -0.290. The van der Waals surface area contributed by atoms with Gasteiger partial charge in [0.15, 0.2) is 5.96 Å². The molecule has 0 saturated carbocycles. The van der Waals surface area contributed by atoms with E-state index in [2.05, 4.69) is 15.6 Å². The molecule has 24 heavy (non-hydrogen) atoms. The maximum atomic E-state index is 12.0. The zero-order valence-corrected chi connectivity index (χ0v) is 16.5. The van der Waals surface area contributed by atoms with Gasteiger partial charge in [0.05, 0.1) is 12.7 Å². The molecule has 0 spiro atoms. The van der Waals surface area contributed by atoms with Gasteiger partial charge in [0.1, 0.15) is 0 Å². The second-order valence-corrected chi connectivity index (χ2v) is 5.47. The zero-order valence-electron chi connectivity index (χ0n) is 14.2. The molecule has 0 radical (unpaired) electrons. The summed E-state index contributed by atoms with van der Waals surface area (Å²) in [4.78, 5) is 4.38. The average molecular weight is 467 g/mol. The van der Waals surface area contributed by atoms with Gasteiger partial charge in [-0.1, -0.05) is 0 Å². The number of halogens is 4. The Balaban J connectivity index is 0.00000529. The monoisotopic (exact) mass is 467 g/mol. The molecule has 1 rings (SSSR count). The summed E-state index contributed by atoms with van der Waals surface area (Å²) in [5.74, 6) is 0.642. The van der Waals surface area contributed by atoms with E-state index in [1.807, 2.05) is 6.92 Å². The van der Waals surface area contributed by atoms with Gasteiger partial charge in [-0.05, 0) is 32.6 Å². The molecular weight excluding hydrogens is 438 g/mol. The van der Waals surface area contributed by atoms with Crippen molar-refractivity contribution in [3.8, 4) is 0 Å². The van der Waals surface area contributed by atoms with Gasteiger partial charge in [0, 0.05) is 39.3 Å². The molecular formula is C15H29F3IN3O2. The van der Waals surface area contributed by atoms with Gasteiger partial charge in [0.2, 0.25) is 0 Å². The number of nitrogens with one attached hydrogen (secondary N) is 2. The Morgan fingerprint density at radius 2 is 2.04 bits per heavy atom. The predicted octanol–water partition coefficient (Wildman–Crippen LogP) is 3.09. The normalized spacial score (nSPS) is 18.3. The molecule has 1 aliphatic rings. The number of hydrogen-bond donors (Lipinski definition) is 2. The Labute approximate surface area is 159 Å². The van der Waals surface area contributed by atoms with Crippen LogP contribution in [0.2, 0.25) is 0 Å². The lowest BCUT2D eigenvalue weighted by molar-refractivity contribution is -0.135. The third kappa shape index (κ3) is 13.1. The number of ether oxygens (including phenoxy) is 2. The first-order valence-corrected chi connectivity index (χ1v) is 8.29. The minimum absolute atomic E-state index is 0. The smallest absolute Gasteiger partial charge is 0.379 e. The molecule has 9 heteroatoms. The summed E-state index contributed by atoms with van der Waals surface area (Å²) in [5.41, 5.74) is 0. The van der Waals surface area contributed by atoms with Crippen LogP contribution in [-0.4, -0.2) is 57.7 Å². The lowest BCUT2D eigenvalue weighted by atomic mass is 10.2. The number of unbranched alkanes of at least 4 members (excludes halogenated alkanes) is 1. The first-order valence-electron chi connectivity index (χ1n) is 8.29. The van der Waals surface area contributed by atoms with Crippen LogP contribution in [-0.2, 0) is 9.47 Å². The predicted molar refractivity (Wildman–Crippen MR) is 99.1 cm³/mol. The maximum absolute atomic E-state index is 12.0. The van der Waals surface area contributed by atoms with Gasteiger partial charge in [-0.15, -0.1) is 24.0 Å². The summed E-state index contributed by atoms with van der Waals surface area (Å²) in [6, 6.07) is 0. The Morgan fingerprint density at radius 3 is 2.67 bits per heavy atom. The minimum atomic E-state index is -4.07. The fraction of sp³-hybridized carbons (Fsp3) is 0.933. The van der Waals surface area contributed by atoms with Crippen molar-refractivity contribution in [3.63, 3.8) is 0 Å². The quantitative estimate of drug-likeness (QED) is 0.225. The molecule has 5 nitrogen and oxygen atoms in total. The summed E-state index contributed by atoms with van der Waals surface area (Å²) in [6.07, 6.45) is -2.24. The average Bonchev–Trinajstić information content (AvgIpc) is 2.98. The van der Waals surface area contributed by atoms with Crippen LogP contribution >= 0.6 is 24.0 Å². The van der Waals surface area contributed by atoms with Crippen LogP contribution in [0.3, 0.4) is 0 Å². The van der Waals surface area contributed by atoms with Crippen LogP contribution in [0.15, 0.2) is 4.99 Å². The van der Waals surface area contributed by atoms with E-state index in [4.69, 9.17) is 9.47 Å². The lowest BCUT2D eigenvalue weighted by Gasteiger charge is -2.12. The molecule has 0 aromatic carbocycles. The number of nitrogens with zero attached hydrogens (tertiary/aromatic N) is 1. The molecule has 1 fully saturated rings. The van der Waals surface area contributed by atoms with Crippen LogP contribution in [0, 0.1) is 0 Å². The Kier molecular flexibility index (Phi) is 13.8. The molecule has 1 unspecified atom stereocenters. The molecule has 1 saturated heterocycles. The lowest BCUT2D eigenvalue weighted by Crippen LogP contribution is -2.38. The molecule has 1 atom stereocenters. The second kappa shape index (κ2) is 13.9. The van der Waals surface area contributed by atoms with Crippen LogP contribution in [0.1, 0.15) is 39.0 Å². The van der Waals surface area contributed by atoms with E-state index in [0.717, 1.165) is 19.4 Å². The molecule has 0 amide bonds. The molecule has 0 aromatic heterocycles. The van der Waals surface area contributed by atoms with Crippen LogP contribution < -0.4 is 10.6 Å². The van der Waals surface area contributed by atoms with Crippen molar-refractivity contribution in [1.82, 2.24) is 10.6 Å². The highest BCUT2D eigenvalue weighted by molar-refractivity contribution is 14.0. The first-order chi connectivity index (χ1) is 11.0. The van der Waals surface area contributed by atoms with E-state index in [-0.39, 0.29) is 36.5 Å². The first kappa shape index (κ1) is 23.7. The Morgan fingerprint density at radius 1 is 1.25 bits per heavy atom. The van der Waals surface area contributed by atoms with Crippen LogP contribution in [0.25, 0.3) is 0 Å². The van der Waals surface area contributed by atoms with Crippen LogP contribution in [0.4, 0.5) is 13.2 Å². The van der Waals surface area contributed by atoms with Crippen molar-refractivity contribution in [2.24, 2.45) is 4.99 Å². The highest BCUT2D eigenvalue weighted by atomic mass is 127. The maximum Gasteiger partial charge on any atom is 0.389 e. The Bertz CT molecular complexity index is 338. The summed E-state index contributed by atoms with van der Waals surface area (Å²) in [5, 5.41) is 6.13. The number of hydrogen-bond acceptors (Lipinski definition) is 3. The van der Waals surface area contributed by atoms with E-state index in [1.165, 1.54) is 0 Å². The SMILES string of the molecule is CCNC(=NCCCOC1CCOC1)NCCCCC(F)(F)F.I. The van der Waals surface area contributed by atoms with Gasteiger partial charge in [-0.25, -0.2) is 0 Å². The van der Waals surface area contributed by atoms with E-state index in [0.29, 0.717) is 45.2 Å². The topological polar surface area (TPSA) is 54.9 Å². The molecule has 2 N–H and O–H groups in total. The molecule has 0 bridgehead atoms. The fourth-order valence-corrected chi connectivity index (χ4v) is 2.15. The van der Waals surface area contributed by atoms with Crippen molar-refractivity contribution >= 4 is 29.9 Å². The second-order valence-electron chi connectivity index (χ2n) is 5.47. The number of aliphatic imine (C=N–C) groups is 1. The van der Waals surface area contributed by atoms with Gasteiger partial charge >= 0.3 is 6.18 Å². The van der Waals surface area contributed by atoms with Gasteiger partial charge in [-0.3, -0.25) is 4.99 Å². The number of rotatable bonds is 10. The van der Waals surface area contributed by atoms with Crippen molar-refractivity contribution in [3.05, 3.63) is 0 Å². The molecule has 0 aliphatic carbocycles. The largest absolute Gasteiger partial charge is 0.389 e. The fourth-order valence-electron chi connectivity index (χ4n) is 2.15. The molecule has 144 valence electrons. The van der Waals surface area contributed by atoms with Crippen LogP contribution in [0.5, 0.6) is 0 Å². The molecule has 1 aliphatic heterocycles. The van der Waals surface area contributed by atoms with Gasteiger partial charge in [-0.2, -0.15) is 13.2 Å². The number of guanidine groups is 1. The highest BCUT2D eigenvalue weighted by Crippen LogP contribution is 2.21. The van der Waals surface area contributed by atoms with Crippen molar-refractivity contribution in [2.75, 3.05) is 39.5 Å². The third-order valence-electron chi connectivity index (χ3n) is 3.34. The number of alkyl halides is 3. The van der Waals surface area contributed by atoms with E-state index in [1.54, 1.807) is 0 Å². The van der Waals surface area contributed by atoms with Crippen molar-refractivity contribution in [1.29, 1.82) is 0 Å². The van der Waals surface area contributed by atoms with E-state index >= 15 is 0 Å². The van der Waals surface area contributed by atoms with E-state index < -0.39 is 12.6 Å². The van der Waals surface area contributed by atoms with Gasteiger partial charge in [0.25, 0.3) is 0 Å².